The molecule has 1 N–H and O–H groups in total. The van der Waals surface area contributed by atoms with Crippen LogP contribution in [0.3, 0.4) is 0 Å². The van der Waals surface area contributed by atoms with E-state index >= 15 is 0 Å². The van der Waals surface area contributed by atoms with Gasteiger partial charge in [0, 0.05) is 0 Å². The lowest BCUT2D eigenvalue weighted by Gasteiger charge is -2.08. The fraction of sp³-hybridized carbons (Fsp3) is 0.143. The molecule has 0 bridgehead atoms. The van der Waals surface area contributed by atoms with E-state index in [0.717, 1.165) is 5.56 Å². The second kappa shape index (κ2) is 8.67. The Hall–Kier alpha value is -3.19. The minimum atomic E-state index is -0.643. The van der Waals surface area contributed by atoms with Gasteiger partial charge in [-0.15, -0.1) is 0 Å². The van der Waals surface area contributed by atoms with Crippen molar-refractivity contribution in [2.45, 2.75) is 0 Å². The molecule has 28 heavy (non-hydrogen) atoms. The number of methoxy groups -OCH3 is 3. The minimum Gasteiger partial charge on any atom is -0.506 e. The monoisotopic (exact) mass is 397 g/mol. The van der Waals surface area contributed by atoms with Crippen molar-refractivity contribution in [3.8, 4) is 11.5 Å². The van der Waals surface area contributed by atoms with Crippen molar-refractivity contribution in [3.63, 3.8) is 0 Å². The second-order valence-electron chi connectivity index (χ2n) is 5.69. The van der Waals surface area contributed by atoms with Gasteiger partial charge in [0.25, 0.3) is 0 Å². The smallest absolute Gasteiger partial charge is 0.344 e. The summed E-state index contributed by atoms with van der Waals surface area (Å²) in [6.07, 6.45) is 1.75. The number of hydrogen-bond donors (Lipinski definition) is 1. The van der Waals surface area contributed by atoms with Crippen molar-refractivity contribution >= 4 is 34.5 Å². The molecule has 1 heterocycles. The lowest BCUT2D eigenvalue weighted by molar-refractivity contribution is -0.135. The van der Waals surface area contributed by atoms with E-state index < -0.39 is 5.97 Å². The number of hydrogen-bond acceptors (Lipinski definition) is 7. The number of benzene rings is 2. The van der Waals surface area contributed by atoms with Crippen LogP contribution >= 0.6 is 11.8 Å². The normalized spacial score (nSPS) is 16.5. The molecule has 0 aromatic heterocycles. The van der Waals surface area contributed by atoms with Crippen LogP contribution < -0.4 is 9.47 Å². The van der Waals surface area contributed by atoms with Crippen LogP contribution in [0.1, 0.15) is 5.56 Å². The van der Waals surface area contributed by atoms with Crippen LogP contribution in [-0.4, -0.2) is 37.4 Å². The first-order chi connectivity index (χ1) is 13.6. The van der Waals surface area contributed by atoms with E-state index in [0.29, 0.717) is 27.1 Å². The van der Waals surface area contributed by atoms with E-state index in [1.54, 1.807) is 32.4 Å². The summed E-state index contributed by atoms with van der Waals surface area (Å²) in [6, 6.07) is 14.6. The van der Waals surface area contributed by atoms with Crippen molar-refractivity contribution in [2.24, 2.45) is 4.99 Å². The number of aliphatic hydroxyl groups is 1. The maximum Gasteiger partial charge on any atom is 0.344 e. The number of carbonyl (C=O) groups is 1. The lowest BCUT2D eigenvalue weighted by atomic mass is 10.1. The third-order valence-electron chi connectivity index (χ3n) is 3.97. The summed E-state index contributed by atoms with van der Waals surface area (Å²) in [6.45, 7) is 0. The van der Waals surface area contributed by atoms with E-state index in [-0.39, 0.29) is 11.3 Å². The number of ether oxygens (including phenoxy) is 3. The third kappa shape index (κ3) is 4.04. The van der Waals surface area contributed by atoms with Gasteiger partial charge in [0.2, 0.25) is 0 Å². The summed E-state index contributed by atoms with van der Waals surface area (Å²) in [5.41, 5.74) is 1.49. The van der Waals surface area contributed by atoms with Gasteiger partial charge >= 0.3 is 5.97 Å². The highest BCUT2D eigenvalue weighted by Gasteiger charge is 2.33. The molecule has 0 unspecified atom stereocenters. The molecule has 0 atom stereocenters. The number of para-hydroxylation sites is 1. The highest BCUT2D eigenvalue weighted by Crippen LogP contribution is 2.40. The van der Waals surface area contributed by atoms with Gasteiger partial charge in [0.05, 0.1) is 31.9 Å². The van der Waals surface area contributed by atoms with Crippen LogP contribution in [0.2, 0.25) is 0 Å². The Kier molecular flexibility index (Phi) is 6.06. The average Bonchev–Trinajstić information content (AvgIpc) is 3.02. The Morgan fingerprint density at radius 3 is 2.39 bits per heavy atom. The maximum absolute atomic E-state index is 12.2. The van der Waals surface area contributed by atoms with Crippen LogP contribution in [0.5, 0.6) is 11.5 Å². The fourth-order valence-electron chi connectivity index (χ4n) is 2.60. The summed E-state index contributed by atoms with van der Waals surface area (Å²) in [5, 5.41) is 11.0. The zero-order valence-corrected chi connectivity index (χ0v) is 16.4. The first kappa shape index (κ1) is 19.6. The van der Waals surface area contributed by atoms with Crippen molar-refractivity contribution < 1.29 is 24.1 Å². The van der Waals surface area contributed by atoms with E-state index in [2.05, 4.69) is 4.99 Å². The molecule has 2 aromatic rings. The van der Waals surface area contributed by atoms with Gasteiger partial charge in [0.15, 0.2) is 11.5 Å². The molecule has 0 fully saturated rings. The van der Waals surface area contributed by atoms with Gasteiger partial charge in [-0.1, -0.05) is 36.0 Å². The summed E-state index contributed by atoms with van der Waals surface area (Å²) >= 11 is 1.20. The number of aliphatic hydroxyl groups excluding tert-OH is 1. The summed E-state index contributed by atoms with van der Waals surface area (Å²) in [7, 11) is 4.38. The Balaban J connectivity index is 2.03. The average molecular weight is 397 g/mol. The van der Waals surface area contributed by atoms with E-state index in [4.69, 9.17) is 14.2 Å². The zero-order valence-electron chi connectivity index (χ0n) is 15.6. The first-order valence-corrected chi connectivity index (χ1v) is 9.16. The molecule has 144 valence electrons. The molecule has 1 aliphatic rings. The molecule has 1 aliphatic heterocycles. The van der Waals surface area contributed by atoms with E-state index in [1.807, 2.05) is 36.4 Å². The quantitative estimate of drug-likeness (QED) is 0.748. The fourth-order valence-corrected chi connectivity index (χ4v) is 3.64. The Morgan fingerprint density at radius 2 is 1.75 bits per heavy atom. The Bertz CT molecular complexity index is 980. The largest absolute Gasteiger partial charge is 0.506 e. The van der Waals surface area contributed by atoms with Crippen molar-refractivity contribution in [1.29, 1.82) is 0 Å². The van der Waals surface area contributed by atoms with Crippen molar-refractivity contribution in [2.75, 3.05) is 21.3 Å². The number of esters is 1. The highest BCUT2D eigenvalue weighted by molar-refractivity contribution is 8.18. The summed E-state index contributed by atoms with van der Waals surface area (Å²) < 4.78 is 15.4. The maximum atomic E-state index is 12.2. The van der Waals surface area contributed by atoms with Gasteiger partial charge in [-0.05, 0) is 35.9 Å². The molecule has 2 aromatic carbocycles. The van der Waals surface area contributed by atoms with Crippen LogP contribution in [0, 0.1) is 0 Å². The van der Waals surface area contributed by atoms with Crippen LogP contribution in [-0.2, 0) is 9.53 Å². The van der Waals surface area contributed by atoms with Crippen LogP contribution in [0.25, 0.3) is 6.08 Å². The number of thioether (sulfide) groups is 1. The molecule has 7 heteroatoms. The molecule has 0 amide bonds. The van der Waals surface area contributed by atoms with Gasteiger partial charge < -0.3 is 19.3 Å². The molecular formula is C21H19NO5S. The molecule has 0 radical (unpaired) electrons. The first-order valence-electron chi connectivity index (χ1n) is 8.35. The van der Waals surface area contributed by atoms with E-state index in [1.165, 1.54) is 18.9 Å². The standard InChI is InChI=1S/C21H19NO5S/c1-25-15-10-9-13(11-16(15)26-2)12-17-19(23)18(21(24)27-3)20(28-17)22-14-7-5-4-6-8-14/h4-12,23H,1-3H3/b17-12-,22-20?. The second-order valence-corrected chi connectivity index (χ2v) is 6.72. The Labute approximate surface area is 167 Å². The molecule has 6 nitrogen and oxygen atoms in total. The van der Waals surface area contributed by atoms with Crippen LogP contribution in [0.15, 0.2) is 69.8 Å². The summed E-state index contributed by atoms with van der Waals surface area (Å²) in [4.78, 5) is 17.2. The minimum absolute atomic E-state index is 0.0445. The predicted molar refractivity (Wildman–Crippen MR) is 110 cm³/mol. The van der Waals surface area contributed by atoms with Crippen molar-refractivity contribution in [1.82, 2.24) is 0 Å². The molecule has 0 saturated heterocycles. The molecule has 3 rings (SSSR count). The number of carbonyl (C=O) groups excluding carboxylic acids is 1. The number of nitrogens with zero attached hydrogens (tertiary/aromatic N) is 1. The molecule has 0 aliphatic carbocycles. The van der Waals surface area contributed by atoms with Gasteiger partial charge in [0.1, 0.15) is 16.4 Å². The zero-order chi connectivity index (χ0) is 20.1. The lowest BCUT2D eigenvalue weighted by Crippen LogP contribution is -2.10. The third-order valence-corrected chi connectivity index (χ3v) is 4.99. The van der Waals surface area contributed by atoms with Gasteiger partial charge in [-0.25, -0.2) is 9.79 Å². The number of aliphatic imine (C=N–C) groups is 1. The van der Waals surface area contributed by atoms with Gasteiger partial charge in [-0.3, -0.25) is 0 Å². The topological polar surface area (TPSA) is 77.4 Å². The number of rotatable bonds is 5. The predicted octanol–water partition coefficient (Wildman–Crippen LogP) is 4.51. The molecule has 0 spiro atoms. The Morgan fingerprint density at radius 1 is 1.04 bits per heavy atom. The molecule has 0 saturated carbocycles. The van der Waals surface area contributed by atoms with E-state index in [9.17, 15) is 9.90 Å². The van der Waals surface area contributed by atoms with Crippen LogP contribution in [0.4, 0.5) is 5.69 Å². The van der Waals surface area contributed by atoms with Crippen molar-refractivity contribution in [3.05, 3.63) is 70.3 Å². The van der Waals surface area contributed by atoms with Gasteiger partial charge in [-0.2, -0.15) is 0 Å². The molecular weight excluding hydrogens is 378 g/mol. The SMILES string of the molecule is COC(=O)C1=C(O)/C(=C/c2ccc(OC)c(OC)c2)SC1=Nc1ccccc1. The highest BCUT2D eigenvalue weighted by atomic mass is 32.2. The summed E-state index contributed by atoms with van der Waals surface area (Å²) in [5.74, 6) is 0.358.